The van der Waals surface area contributed by atoms with Gasteiger partial charge in [-0.15, -0.1) is 11.3 Å². The quantitative estimate of drug-likeness (QED) is 0.570. The summed E-state index contributed by atoms with van der Waals surface area (Å²) in [7, 11) is 0. The molecule has 0 bridgehead atoms. The second-order valence-corrected chi connectivity index (χ2v) is 5.46. The van der Waals surface area contributed by atoms with Crippen molar-refractivity contribution in [3.8, 4) is 11.1 Å². The lowest BCUT2D eigenvalue weighted by Gasteiger charge is -2.00. The molecule has 1 aliphatic carbocycles. The average Bonchev–Trinajstić information content (AvgIpc) is 2.73. The van der Waals surface area contributed by atoms with Gasteiger partial charge in [0.05, 0.1) is 0 Å². The number of thiophene rings is 1. The number of fused-ring (bicyclic) bond motifs is 3. The molecule has 0 atom stereocenters. The Morgan fingerprint density at radius 2 is 2.07 bits per heavy atom. The molecule has 1 aromatic heterocycles. The van der Waals surface area contributed by atoms with Crippen molar-refractivity contribution in [1.29, 1.82) is 0 Å². The zero-order chi connectivity index (χ0) is 10.4. The Kier molecular flexibility index (Phi) is 1.96. The summed E-state index contributed by atoms with van der Waals surface area (Å²) in [5.74, 6) is 0. The highest BCUT2D eigenvalue weighted by atomic mass is 32.1. The van der Waals surface area contributed by atoms with Crippen LogP contribution in [0.2, 0.25) is 0 Å². The van der Waals surface area contributed by atoms with Crippen molar-refractivity contribution in [2.75, 3.05) is 0 Å². The third-order valence-corrected chi connectivity index (χ3v) is 4.39. The van der Waals surface area contributed by atoms with Crippen LogP contribution in [0.5, 0.6) is 0 Å². The zero-order valence-electron chi connectivity index (χ0n) is 9.13. The third kappa shape index (κ3) is 1.34. The molecular weight excluding hydrogens is 200 g/mol. The maximum absolute atomic E-state index is 2.38. The van der Waals surface area contributed by atoms with Crippen LogP contribution in [0.4, 0.5) is 0 Å². The van der Waals surface area contributed by atoms with E-state index in [2.05, 4.69) is 38.1 Å². The topological polar surface area (TPSA) is 0 Å². The third-order valence-electron chi connectivity index (χ3n) is 3.11. The van der Waals surface area contributed by atoms with Crippen molar-refractivity contribution < 1.29 is 0 Å². The van der Waals surface area contributed by atoms with Gasteiger partial charge < -0.3 is 0 Å². The van der Waals surface area contributed by atoms with Gasteiger partial charge in [-0.05, 0) is 36.1 Å². The molecule has 0 spiro atoms. The summed E-state index contributed by atoms with van der Waals surface area (Å²) in [5, 5.41) is 0. The maximum atomic E-state index is 2.38. The van der Waals surface area contributed by atoms with Crippen molar-refractivity contribution in [3.05, 3.63) is 45.1 Å². The van der Waals surface area contributed by atoms with Crippen molar-refractivity contribution >= 4 is 11.3 Å². The van der Waals surface area contributed by atoms with E-state index in [0.717, 1.165) is 6.42 Å². The van der Waals surface area contributed by atoms with Crippen LogP contribution in [0, 0.1) is 6.92 Å². The fraction of sp³-hybridized carbons (Fsp3) is 0.286. The summed E-state index contributed by atoms with van der Waals surface area (Å²) in [6.45, 7) is 4.40. The summed E-state index contributed by atoms with van der Waals surface area (Å²) in [5.41, 5.74) is 5.84. The molecule has 15 heavy (non-hydrogen) atoms. The smallest absolute Gasteiger partial charge is 0.0171 e. The van der Waals surface area contributed by atoms with Crippen molar-refractivity contribution in [2.24, 2.45) is 0 Å². The van der Waals surface area contributed by atoms with Gasteiger partial charge >= 0.3 is 0 Å². The molecule has 1 heteroatoms. The monoisotopic (exact) mass is 214 g/mol. The molecule has 0 unspecified atom stereocenters. The Morgan fingerprint density at radius 1 is 1.20 bits per heavy atom. The lowest BCUT2D eigenvalue weighted by molar-refractivity contribution is 1.19. The predicted molar refractivity (Wildman–Crippen MR) is 66.7 cm³/mol. The minimum Gasteiger partial charge on any atom is -0.144 e. The first-order chi connectivity index (χ1) is 7.28. The highest BCUT2D eigenvalue weighted by Crippen LogP contribution is 2.41. The molecule has 1 heterocycles. The first-order valence-corrected chi connectivity index (χ1v) is 6.31. The molecule has 0 N–H and O–H groups in total. The van der Waals surface area contributed by atoms with Crippen molar-refractivity contribution in [3.63, 3.8) is 0 Å². The van der Waals surface area contributed by atoms with E-state index in [1.54, 1.807) is 4.88 Å². The molecule has 1 aromatic carbocycles. The summed E-state index contributed by atoms with van der Waals surface area (Å²) < 4.78 is 0. The Hall–Kier alpha value is -1.08. The number of rotatable bonds is 1. The summed E-state index contributed by atoms with van der Waals surface area (Å²) >= 11 is 1.98. The van der Waals surface area contributed by atoms with Gasteiger partial charge in [0, 0.05) is 16.2 Å². The SMILES string of the molecule is CCc1cc2c(s1)Cc1cc(C)ccc1-2. The van der Waals surface area contributed by atoms with Gasteiger partial charge in [0.2, 0.25) is 0 Å². The number of aryl methyl sites for hydroxylation is 2. The lowest BCUT2D eigenvalue weighted by Crippen LogP contribution is -1.82. The van der Waals surface area contributed by atoms with Gasteiger partial charge in [-0.2, -0.15) is 0 Å². The summed E-state index contributed by atoms with van der Waals surface area (Å²) in [6, 6.07) is 9.20. The second-order valence-electron chi connectivity index (χ2n) is 4.24. The van der Waals surface area contributed by atoms with E-state index in [1.807, 2.05) is 11.3 Å². The first kappa shape index (κ1) is 9.17. The van der Waals surface area contributed by atoms with Gasteiger partial charge in [0.1, 0.15) is 0 Å². The molecule has 3 rings (SSSR count). The second kappa shape index (κ2) is 3.21. The number of benzene rings is 1. The number of hydrogen-bond acceptors (Lipinski definition) is 1. The van der Waals surface area contributed by atoms with Crippen LogP contribution < -0.4 is 0 Å². The molecule has 0 saturated carbocycles. The Bertz CT molecular complexity index is 520. The molecule has 76 valence electrons. The van der Waals surface area contributed by atoms with Crippen LogP contribution in [-0.2, 0) is 12.8 Å². The van der Waals surface area contributed by atoms with E-state index in [-0.39, 0.29) is 0 Å². The van der Waals surface area contributed by atoms with Crippen molar-refractivity contribution in [1.82, 2.24) is 0 Å². The van der Waals surface area contributed by atoms with E-state index in [0.29, 0.717) is 0 Å². The molecule has 0 nitrogen and oxygen atoms in total. The predicted octanol–water partition coefficient (Wildman–Crippen LogP) is 4.19. The van der Waals surface area contributed by atoms with Crippen LogP contribution >= 0.6 is 11.3 Å². The van der Waals surface area contributed by atoms with Gasteiger partial charge in [0.25, 0.3) is 0 Å². The van der Waals surface area contributed by atoms with Crippen molar-refractivity contribution in [2.45, 2.75) is 26.7 Å². The minimum atomic E-state index is 1.15. The summed E-state index contributed by atoms with van der Waals surface area (Å²) in [6.07, 6.45) is 2.32. The Balaban J connectivity index is 2.17. The van der Waals surface area contributed by atoms with Crippen LogP contribution in [0.25, 0.3) is 11.1 Å². The van der Waals surface area contributed by atoms with Crippen LogP contribution in [0.1, 0.15) is 27.8 Å². The fourth-order valence-electron chi connectivity index (χ4n) is 2.32. The van der Waals surface area contributed by atoms with Gasteiger partial charge in [0.15, 0.2) is 0 Å². The molecule has 0 saturated heterocycles. The van der Waals surface area contributed by atoms with Gasteiger partial charge in [-0.3, -0.25) is 0 Å². The highest BCUT2D eigenvalue weighted by molar-refractivity contribution is 7.12. The molecule has 1 aliphatic rings. The minimum absolute atomic E-state index is 1.15. The molecule has 0 fully saturated rings. The summed E-state index contributed by atoms with van der Waals surface area (Å²) in [4.78, 5) is 3.08. The molecule has 2 aromatic rings. The fourth-order valence-corrected chi connectivity index (χ4v) is 3.47. The largest absolute Gasteiger partial charge is 0.144 e. The number of hydrogen-bond donors (Lipinski definition) is 0. The van der Waals surface area contributed by atoms with Crippen LogP contribution in [-0.4, -0.2) is 0 Å². The molecule has 0 amide bonds. The lowest BCUT2D eigenvalue weighted by atomic mass is 10.0. The van der Waals surface area contributed by atoms with E-state index in [9.17, 15) is 0 Å². The molecular formula is C14H14S. The van der Waals surface area contributed by atoms with E-state index in [1.165, 1.54) is 33.6 Å². The molecule has 0 aliphatic heterocycles. The standard InChI is InChI=1S/C14H14S/c1-3-11-8-13-12-5-4-9(2)6-10(12)7-14(13)15-11/h4-6,8H,3,7H2,1-2H3. The van der Waals surface area contributed by atoms with E-state index >= 15 is 0 Å². The molecule has 0 radical (unpaired) electrons. The van der Waals surface area contributed by atoms with E-state index < -0.39 is 0 Å². The van der Waals surface area contributed by atoms with Gasteiger partial charge in [-0.1, -0.05) is 30.7 Å². The maximum Gasteiger partial charge on any atom is 0.0171 e. The van der Waals surface area contributed by atoms with E-state index in [4.69, 9.17) is 0 Å². The average molecular weight is 214 g/mol. The first-order valence-electron chi connectivity index (χ1n) is 5.49. The van der Waals surface area contributed by atoms with Crippen LogP contribution in [0.15, 0.2) is 24.3 Å². The Labute approximate surface area is 94.6 Å². The Morgan fingerprint density at radius 3 is 2.87 bits per heavy atom. The highest BCUT2D eigenvalue weighted by Gasteiger charge is 2.20. The van der Waals surface area contributed by atoms with Gasteiger partial charge in [-0.25, -0.2) is 0 Å². The normalized spacial score (nSPS) is 12.7. The zero-order valence-corrected chi connectivity index (χ0v) is 9.95. The van der Waals surface area contributed by atoms with Crippen LogP contribution in [0.3, 0.4) is 0 Å².